The van der Waals surface area contributed by atoms with Crippen molar-refractivity contribution in [3.05, 3.63) is 45.3 Å². The largest absolute Gasteiger partial charge is 0.365 e. The first kappa shape index (κ1) is 19.0. The van der Waals surface area contributed by atoms with Crippen molar-refractivity contribution < 1.29 is 9.59 Å². The van der Waals surface area contributed by atoms with Crippen LogP contribution in [0.1, 0.15) is 39.7 Å². The Kier molecular flexibility index (Phi) is 5.43. The van der Waals surface area contributed by atoms with Gasteiger partial charge < -0.3 is 16.4 Å². The first-order valence-corrected chi connectivity index (χ1v) is 9.25. The Balaban J connectivity index is 0.00000196. The lowest BCUT2D eigenvalue weighted by Crippen LogP contribution is -2.32. The average Bonchev–Trinajstić information content (AvgIpc) is 3.11. The quantitative estimate of drug-likeness (QED) is 0.614. The molecule has 9 heteroatoms. The molecule has 0 aliphatic carbocycles. The SMILES string of the molecule is Cl.NC(=O)c1c(NC(=O)Nc2ccc(Cl)cc2)sc2c1[C@H]1CC[C@@H](C2)N1. The van der Waals surface area contributed by atoms with E-state index >= 15 is 0 Å². The number of halogens is 2. The number of rotatable bonds is 3. The number of carbonyl (C=O) groups is 2. The topological polar surface area (TPSA) is 96.2 Å². The smallest absolute Gasteiger partial charge is 0.324 e. The van der Waals surface area contributed by atoms with Gasteiger partial charge in [-0.25, -0.2) is 4.79 Å². The number of carbonyl (C=O) groups excluding carboxylic acids is 2. The van der Waals surface area contributed by atoms with E-state index in [1.807, 2.05) is 0 Å². The minimum absolute atomic E-state index is 0. The van der Waals surface area contributed by atoms with E-state index in [0.717, 1.165) is 29.7 Å². The molecule has 0 radical (unpaired) electrons. The van der Waals surface area contributed by atoms with E-state index in [0.29, 0.717) is 27.3 Å². The molecule has 4 rings (SSSR count). The third kappa shape index (κ3) is 3.53. The summed E-state index contributed by atoms with van der Waals surface area (Å²) >= 11 is 7.28. The first-order valence-electron chi connectivity index (χ1n) is 8.06. The second-order valence-corrected chi connectivity index (χ2v) is 7.83. The molecule has 1 fully saturated rings. The number of nitrogens with two attached hydrogens (primary N) is 1. The molecule has 2 bridgehead atoms. The highest BCUT2D eigenvalue weighted by molar-refractivity contribution is 7.17. The van der Waals surface area contributed by atoms with E-state index < -0.39 is 11.9 Å². The van der Waals surface area contributed by atoms with Crippen LogP contribution < -0.4 is 21.7 Å². The van der Waals surface area contributed by atoms with Crippen molar-refractivity contribution in [3.63, 3.8) is 0 Å². The van der Waals surface area contributed by atoms with Crippen molar-refractivity contribution in [2.45, 2.75) is 31.3 Å². The normalized spacial score (nSPS) is 20.0. The molecule has 2 aliphatic rings. The Hall–Kier alpha value is -1.80. The predicted molar refractivity (Wildman–Crippen MR) is 107 cm³/mol. The summed E-state index contributed by atoms with van der Waals surface area (Å²) in [6, 6.07) is 6.99. The van der Waals surface area contributed by atoms with Crippen LogP contribution in [0.2, 0.25) is 5.02 Å². The Morgan fingerprint density at radius 3 is 2.62 bits per heavy atom. The van der Waals surface area contributed by atoms with Crippen molar-refractivity contribution in [3.8, 4) is 0 Å². The molecule has 3 amide bonds. The third-order valence-electron chi connectivity index (χ3n) is 4.62. The fraction of sp³-hybridized carbons (Fsp3) is 0.294. The van der Waals surface area contributed by atoms with Gasteiger partial charge in [0.25, 0.3) is 5.91 Å². The summed E-state index contributed by atoms with van der Waals surface area (Å²) in [7, 11) is 0. The summed E-state index contributed by atoms with van der Waals surface area (Å²) < 4.78 is 0. The van der Waals surface area contributed by atoms with Gasteiger partial charge in [0, 0.05) is 27.7 Å². The zero-order valence-electron chi connectivity index (χ0n) is 13.7. The summed E-state index contributed by atoms with van der Waals surface area (Å²) in [4.78, 5) is 25.5. The lowest BCUT2D eigenvalue weighted by atomic mass is 9.98. The fourth-order valence-corrected chi connectivity index (χ4v) is 5.04. The Bertz CT molecular complexity index is 853. The van der Waals surface area contributed by atoms with Crippen LogP contribution in [0.15, 0.2) is 24.3 Å². The van der Waals surface area contributed by atoms with Crippen molar-refractivity contribution in [1.29, 1.82) is 0 Å². The van der Waals surface area contributed by atoms with Gasteiger partial charge in [0.15, 0.2) is 0 Å². The number of hydrogen-bond acceptors (Lipinski definition) is 4. The van der Waals surface area contributed by atoms with Gasteiger partial charge >= 0.3 is 6.03 Å². The van der Waals surface area contributed by atoms with Crippen molar-refractivity contribution in [1.82, 2.24) is 5.32 Å². The summed E-state index contributed by atoms with van der Waals surface area (Å²) in [5.74, 6) is -0.508. The molecule has 1 aromatic carbocycles. The molecule has 0 unspecified atom stereocenters. The number of primary amides is 1. The van der Waals surface area contributed by atoms with Crippen LogP contribution in [0.3, 0.4) is 0 Å². The average molecular weight is 413 g/mol. The number of hydrogen-bond donors (Lipinski definition) is 4. The van der Waals surface area contributed by atoms with Gasteiger partial charge in [-0.3, -0.25) is 10.1 Å². The minimum atomic E-state index is -0.508. The molecule has 138 valence electrons. The van der Waals surface area contributed by atoms with Gasteiger partial charge in [0.05, 0.1) is 5.56 Å². The van der Waals surface area contributed by atoms with Gasteiger partial charge in [0.1, 0.15) is 5.00 Å². The van der Waals surface area contributed by atoms with E-state index in [-0.39, 0.29) is 18.4 Å². The minimum Gasteiger partial charge on any atom is -0.365 e. The molecule has 1 aromatic heterocycles. The number of thiophene rings is 1. The Morgan fingerprint density at radius 1 is 1.19 bits per heavy atom. The first-order chi connectivity index (χ1) is 12.0. The molecule has 2 atom stereocenters. The Labute approximate surface area is 165 Å². The van der Waals surface area contributed by atoms with Gasteiger partial charge in [0.2, 0.25) is 0 Å². The zero-order chi connectivity index (χ0) is 17.6. The van der Waals surface area contributed by atoms with E-state index in [1.165, 1.54) is 11.3 Å². The summed E-state index contributed by atoms with van der Waals surface area (Å²) in [6.45, 7) is 0. The number of amides is 3. The van der Waals surface area contributed by atoms with Crippen molar-refractivity contribution in [2.24, 2.45) is 5.73 Å². The van der Waals surface area contributed by atoms with Crippen molar-refractivity contribution in [2.75, 3.05) is 10.6 Å². The van der Waals surface area contributed by atoms with Gasteiger partial charge in [-0.05, 0) is 49.1 Å². The Morgan fingerprint density at radius 2 is 1.92 bits per heavy atom. The third-order valence-corrected chi connectivity index (χ3v) is 6.01. The number of urea groups is 1. The second-order valence-electron chi connectivity index (χ2n) is 6.29. The molecular weight excluding hydrogens is 395 g/mol. The van der Waals surface area contributed by atoms with Crippen LogP contribution in [-0.4, -0.2) is 18.0 Å². The number of fused-ring (bicyclic) bond motifs is 4. The maximum atomic E-state index is 12.3. The molecule has 5 N–H and O–H groups in total. The highest BCUT2D eigenvalue weighted by Gasteiger charge is 2.38. The molecule has 6 nitrogen and oxygen atoms in total. The van der Waals surface area contributed by atoms with E-state index in [2.05, 4.69) is 16.0 Å². The van der Waals surface area contributed by atoms with E-state index in [1.54, 1.807) is 24.3 Å². The van der Waals surface area contributed by atoms with Crippen LogP contribution in [0, 0.1) is 0 Å². The lowest BCUT2D eigenvalue weighted by molar-refractivity contribution is 0.1000. The highest BCUT2D eigenvalue weighted by Crippen LogP contribution is 2.45. The summed E-state index contributed by atoms with van der Waals surface area (Å²) in [5, 5.41) is 10.1. The van der Waals surface area contributed by atoms with E-state index in [9.17, 15) is 9.59 Å². The zero-order valence-corrected chi connectivity index (χ0v) is 16.1. The fourth-order valence-electron chi connectivity index (χ4n) is 3.57. The molecule has 0 spiro atoms. The molecule has 2 aromatic rings. The van der Waals surface area contributed by atoms with Crippen LogP contribution >= 0.6 is 35.3 Å². The maximum absolute atomic E-state index is 12.3. The molecule has 2 aliphatic heterocycles. The molecule has 3 heterocycles. The van der Waals surface area contributed by atoms with Crippen LogP contribution in [0.25, 0.3) is 0 Å². The van der Waals surface area contributed by atoms with E-state index in [4.69, 9.17) is 17.3 Å². The van der Waals surface area contributed by atoms with Gasteiger partial charge in [-0.1, -0.05) is 11.6 Å². The van der Waals surface area contributed by atoms with Crippen LogP contribution in [-0.2, 0) is 6.42 Å². The monoisotopic (exact) mass is 412 g/mol. The molecule has 0 saturated carbocycles. The lowest BCUT2D eigenvalue weighted by Gasteiger charge is -2.22. The molecule has 26 heavy (non-hydrogen) atoms. The van der Waals surface area contributed by atoms with Gasteiger partial charge in [-0.2, -0.15) is 0 Å². The summed E-state index contributed by atoms with van der Waals surface area (Å²) in [5.41, 5.74) is 7.63. The molecular formula is C17H18Cl2N4O2S. The number of nitrogens with one attached hydrogen (secondary N) is 3. The number of anilines is 2. The summed E-state index contributed by atoms with van der Waals surface area (Å²) in [6.07, 6.45) is 2.96. The maximum Gasteiger partial charge on any atom is 0.324 e. The molecule has 1 saturated heterocycles. The second kappa shape index (κ2) is 7.44. The van der Waals surface area contributed by atoms with Crippen LogP contribution in [0.5, 0.6) is 0 Å². The standard InChI is InChI=1S/C17H17ClN4O2S.ClH/c18-8-1-3-9(4-2-8)21-17(24)22-16-14(15(19)23)13-11-6-5-10(20-11)7-12(13)25-16;/h1-4,10-11,20H,5-7H2,(H2,19,23)(H2,21,22,24);1H/t10-,11+;/m0./s1. The van der Waals surface area contributed by atoms with Crippen molar-refractivity contribution >= 4 is 58.0 Å². The number of benzene rings is 1. The van der Waals surface area contributed by atoms with Gasteiger partial charge in [-0.15, -0.1) is 23.7 Å². The predicted octanol–water partition coefficient (Wildman–Crippen LogP) is 3.92. The van der Waals surface area contributed by atoms with Crippen LogP contribution in [0.4, 0.5) is 15.5 Å². The highest BCUT2D eigenvalue weighted by atomic mass is 35.5.